The zero-order chi connectivity index (χ0) is 28.6. The number of nitrogens with one attached hydrogen (secondary N) is 1. The van der Waals surface area contributed by atoms with E-state index in [1.165, 1.54) is 13.2 Å². The number of benzene rings is 3. The quantitative estimate of drug-likeness (QED) is 0.191. The van der Waals surface area contributed by atoms with Gasteiger partial charge in [0, 0.05) is 24.1 Å². The number of esters is 1. The van der Waals surface area contributed by atoms with Gasteiger partial charge in [0.1, 0.15) is 23.8 Å². The summed E-state index contributed by atoms with van der Waals surface area (Å²) < 4.78 is 23.9. The average molecular weight is 560 g/mol. The summed E-state index contributed by atoms with van der Waals surface area (Å²) in [5.41, 5.74) is 3.15. The van der Waals surface area contributed by atoms with Crippen molar-refractivity contribution in [3.63, 3.8) is 0 Å². The molecule has 1 atom stereocenters. The summed E-state index contributed by atoms with van der Waals surface area (Å²) in [4.78, 5) is 24.2. The summed E-state index contributed by atoms with van der Waals surface area (Å²) in [7, 11) is 1.30. The van der Waals surface area contributed by atoms with Gasteiger partial charge in [0.05, 0.1) is 24.8 Å². The van der Waals surface area contributed by atoms with Gasteiger partial charge in [0.2, 0.25) is 0 Å². The van der Waals surface area contributed by atoms with Crippen LogP contribution in [0.2, 0.25) is 0 Å². The number of carbonyl (C=O) groups excluding carboxylic acids is 2. The van der Waals surface area contributed by atoms with E-state index in [0.29, 0.717) is 43.2 Å². The molecule has 1 aromatic heterocycles. The Labute approximate surface area is 237 Å². The van der Waals surface area contributed by atoms with E-state index in [4.69, 9.17) is 24.0 Å². The molecule has 2 heterocycles. The van der Waals surface area contributed by atoms with Crippen molar-refractivity contribution in [3.8, 4) is 22.8 Å². The predicted octanol–water partition coefficient (Wildman–Crippen LogP) is 5.59. The number of rotatable bonds is 10. The number of hydrogen-bond donors (Lipinski definition) is 2. The number of alkyl carbamates (subject to hydrolysis) is 1. The second-order valence-electron chi connectivity index (χ2n) is 9.74. The van der Waals surface area contributed by atoms with Crippen LogP contribution in [0.1, 0.15) is 47.8 Å². The molecule has 41 heavy (non-hydrogen) atoms. The fraction of sp³-hybridized carbons (Fsp3) is 0.323. The Balaban J connectivity index is 1.28. The third-order valence-corrected chi connectivity index (χ3v) is 6.79. The Hall–Kier alpha value is -4.57. The number of phenolic OH excluding ortho intramolecular Hbond substituents is 1. The molecule has 10 nitrogen and oxygen atoms in total. The maximum atomic E-state index is 12.2. The number of amides is 1. The van der Waals surface area contributed by atoms with Crippen molar-refractivity contribution in [1.29, 1.82) is 0 Å². The number of carbonyl (C=O) groups is 2. The average Bonchev–Trinajstić information content (AvgIpc) is 3.39. The van der Waals surface area contributed by atoms with E-state index >= 15 is 0 Å². The summed E-state index contributed by atoms with van der Waals surface area (Å²) in [6, 6.07) is 19.8. The van der Waals surface area contributed by atoms with E-state index in [9.17, 15) is 14.7 Å². The molecule has 1 saturated heterocycles. The number of aromatic nitrogens is 2. The number of fused-ring (bicyclic) bond motifs is 1. The van der Waals surface area contributed by atoms with Crippen molar-refractivity contribution in [2.24, 2.45) is 0 Å². The van der Waals surface area contributed by atoms with Gasteiger partial charge in [-0.2, -0.15) is 5.10 Å². The van der Waals surface area contributed by atoms with E-state index in [0.717, 1.165) is 35.7 Å². The highest BCUT2D eigenvalue weighted by Crippen LogP contribution is 2.36. The van der Waals surface area contributed by atoms with Crippen LogP contribution < -0.4 is 10.1 Å². The third-order valence-electron chi connectivity index (χ3n) is 6.79. The number of aromatic hydroxyl groups is 1. The molecular formula is C31H33N3O7. The van der Waals surface area contributed by atoms with Gasteiger partial charge in [0.25, 0.3) is 0 Å². The Kier molecular flexibility index (Phi) is 9.00. The van der Waals surface area contributed by atoms with Crippen LogP contribution in [0, 0.1) is 0 Å². The van der Waals surface area contributed by atoms with E-state index in [2.05, 4.69) is 5.32 Å². The molecule has 0 radical (unpaired) electrons. The van der Waals surface area contributed by atoms with Crippen LogP contribution in [0.15, 0.2) is 66.7 Å². The lowest BCUT2D eigenvalue weighted by atomic mass is 10.0. The minimum absolute atomic E-state index is 0.0679. The lowest BCUT2D eigenvalue weighted by Gasteiger charge is -2.23. The van der Waals surface area contributed by atoms with E-state index in [-0.39, 0.29) is 24.1 Å². The van der Waals surface area contributed by atoms with Gasteiger partial charge in [-0.15, -0.1) is 0 Å². The van der Waals surface area contributed by atoms with Gasteiger partial charge in [-0.3, -0.25) is 0 Å². The Bertz CT molecular complexity index is 1500. The second kappa shape index (κ2) is 13.2. The fourth-order valence-corrected chi connectivity index (χ4v) is 4.77. The van der Waals surface area contributed by atoms with Crippen molar-refractivity contribution >= 4 is 23.0 Å². The topological polar surface area (TPSA) is 121 Å². The van der Waals surface area contributed by atoms with Crippen molar-refractivity contribution in [3.05, 3.63) is 77.9 Å². The molecule has 2 N–H and O–H groups in total. The number of hydrogen-bond acceptors (Lipinski definition) is 8. The van der Waals surface area contributed by atoms with Gasteiger partial charge >= 0.3 is 12.1 Å². The first kappa shape index (κ1) is 28.0. The first-order valence-electron chi connectivity index (χ1n) is 13.7. The molecule has 214 valence electrons. The first-order valence-corrected chi connectivity index (χ1v) is 13.7. The summed E-state index contributed by atoms with van der Waals surface area (Å²) >= 11 is 0. The summed E-state index contributed by atoms with van der Waals surface area (Å²) in [5.74, 6) is 0.00709. The predicted molar refractivity (Wildman–Crippen MR) is 152 cm³/mol. The highest BCUT2D eigenvalue weighted by molar-refractivity contribution is 5.97. The number of phenols is 1. The largest absolute Gasteiger partial charge is 0.508 e. The van der Waals surface area contributed by atoms with Crippen LogP contribution in [0.4, 0.5) is 4.79 Å². The third kappa shape index (κ3) is 6.96. The van der Waals surface area contributed by atoms with Crippen molar-refractivity contribution in [2.75, 3.05) is 26.9 Å². The number of ether oxygens (including phenoxy) is 4. The molecule has 0 aliphatic carbocycles. The van der Waals surface area contributed by atoms with Crippen molar-refractivity contribution in [2.45, 2.75) is 38.5 Å². The zero-order valence-corrected chi connectivity index (χ0v) is 22.9. The van der Waals surface area contributed by atoms with Crippen LogP contribution in [0.5, 0.6) is 11.5 Å². The van der Waals surface area contributed by atoms with Gasteiger partial charge in [-0.05, 0) is 67.6 Å². The molecule has 0 bridgehead atoms. The van der Waals surface area contributed by atoms with Crippen LogP contribution in [-0.2, 0) is 20.8 Å². The highest BCUT2D eigenvalue weighted by Gasteiger charge is 2.23. The Morgan fingerprint density at radius 3 is 2.73 bits per heavy atom. The highest BCUT2D eigenvalue weighted by atomic mass is 16.5. The SMILES string of the molecule is COC(=O)c1cc(O)cc(-c2nn(C3CCCCO3)c3ccc(OCCCNC(=O)OCc4ccccc4)cc23)c1. The minimum Gasteiger partial charge on any atom is -0.508 e. The first-order chi connectivity index (χ1) is 20.0. The zero-order valence-electron chi connectivity index (χ0n) is 22.9. The summed E-state index contributed by atoms with van der Waals surface area (Å²) in [6.07, 6.45) is 2.77. The lowest BCUT2D eigenvalue weighted by Crippen LogP contribution is -2.26. The van der Waals surface area contributed by atoms with Crippen LogP contribution in [0.25, 0.3) is 22.2 Å². The minimum atomic E-state index is -0.553. The molecule has 10 heteroatoms. The molecule has 0 spiro atoms. The monoisotopic (exact) mass is 559 g/mol. The molecule has 0 saturated carbocycles. The van der Waals surface area contributed by atoms with Gasteiger partial charge in [0.15, 0.2) is 6.23 Å². The Morgan fingerprint density at radius 1 is 1.10 bits per heavy atom. The van der Waals surface area contributed by atoms with E-state index in [1.54, 1.807) is 12.1 Å². The smallest absolute Gasteiger partial charge is 0.407 e. The van der Waals surface area contributed by atoms with Crippen molar-refractivity contribution < 1.29 is 33.6 Å². The fourth-order valence-electron chi connectivity index (χ4n) is 4.77. The molecule has 1 aliphatic heterocycles. The number of nitrogens with zero attached hydrogens (tertiary/aromatic N) is 2. The molecule has 1 unspecified atom stereocenters. The maximum Gasteiger partial charge on any atom is 0.407 e. The standard InChI is InChI=1S/C31H33N3O7/c1-38-30(36)23-16-22(17-24(35)18-23)29-26-19-25(11-12-27(26)34(33-29)28-10-5-6-14-40-28)39-15-7-13-32-31(37)41-20-21-8-3-2-4-9-21/h2-4,8-9,11-12,16-19,28,35H,5-7,10,13-15,20H2,1H3,(H,32,37). The maximum absolute atomic E-state index is 12.2. The van der Waals surface area contributed by atoms with E-state index < -0.39 is 12.1 Å². The van der Waals surface area contributed by atoms with Crippen molar-refractivity contribution in [1.82, 2.24) is 15.1 Å². The normalized spacial score (nSPS) is 14.9. The van der Waals surface area contributed by atoms with Gasteiger partial charge in [-0.1, -0.05) is 30.3 Å². The number of methoxy groups -OCH3 is 1. The molecule has 1 aliphatic rings. The molecular weight excluding hydrogens is 526 g/mol. The molecule has 1 amide bonds. The molecule has 3 aromatic carbocycles. The van der Waals surface area contributed by atoms with Crippen LogP contribution in [-0.4, -0.2) is 53.8 Å². The van der Waals surface area contributed by atoms with Gasteiger partial charge in [-0.25, -0.2) is 14.3 Å². The van der Waals surface area contributed by atoms with Crippen LogP contribution >= 0.6 is 0 Å². The Morgan fingerprint density at radius 2 is 1.95 bits per heavy atom. The van der Waals surface area contributed by atoms with E-state index in [1.807, 2.05) is 53.2 Å². The molecule has 1 fully saturated rings. The summed E-state index contributed by atoms with van der Waals surface area (Å²) in [5, 5.41) is 18.7. The molecule has 4 aromatic rings. The van der Waals surface area contributed by atoms with Gasteiger partial charge < -0.3 is 29.4 Å². The summed E-state index contributed by atoms with van der Waals surface area (Å²) in [6.45, 7) is 1.65. The molecule has 5 rings (SSSR count). The lowest BCUT2D eigenvalue weighted by molar-refractivity contribution is -0.0365. The van der Waals surface area contributed by atoms with Crippen LogP contribution in [0.3, 0.4) is 0 Å². The second-order valence-corrected chi connectivity index (χ2v) is 9.74.